The second kappa shape index (κ2) is 9.91. The van der Waals surface area contributed by atoms with E-state index in [0.717, 1.165) is 17.1 Å². The highest BCUT2D eigenvalue weighted by Crippen LogP contribution is 2.36. The smallest absolute Gasteiger partial charge is 0.417 e. The van der Waals surface area contributed by atoms with Crippen LogP contribution in [0, 0.1) is 5.82 Å². The standard InChI is InChI=1S/C28H25BrFN7O4/c1-28(2,3)41-27(40)35(17-8-9-22-19(11-17)18-6-4-5-7-21(18)36(22)26(38)39)25-34-23(15-10-16(30)13-31-12-15)33-24-20(29)14-32-37(24)25/h4-7,10,12-14,17H,8-9,11H2,1-3H3,(H,38,39)/t17-/m1/s1. The zero-order valence-electron chi connectivity index (χ0n) is 22.4. The Hall–Kier alpha value is -4.39. The van der Waals surface area contributed by atoms with E-state index in [1.54, 1.807) is 32.9 Å². The van der Waals surface area contributed by atoms with Crippen LogP contribution in [0.3, 0.4) is 0 Å². The first-order valence-electron chi connectivity index (χ1n) is 12.9. The second-order valence-electron chi connectivity index (χ2n) is 10.8. The molecule has 0 spiro atoms. The minimum atomic E-state index is -1.06. The Kier molecular flexibility index (Phi) is 6.48. The number of fused-ring (bicyclic) bond motifs is 4. The highest BCUT2D eigenvalue weighted by molar-refractivity contribution is 9.10. The molecule has 0 saturated heterocycles. The lowest BCUT2D eigenvalue weighted by atomic mass is 9.90. The Bertz CT molecular complexity index is 1840. The quantitative estimate of drug-likeness (QED) is 0.265. The van der Waals surface area contributed by atoms with Crippen LogP contribution >= 0.6 is 15.9 Å². The third-order valence-electron chi connectivity index (χ3n) is 6.88. The van der Waals surface area contributed by atoms with Gasteiger partial charge in [-0.05, 0) is 73.7 Å². The summed E-state index contributed by atoms with van der Waals surface area (Å²) in [5.74, 6) is -0.281. The van der Waals surface area contributed by atoms with Crippen molar-refractivity contribution in [2.45, 2.75) is 51.7 Å². The predicted molar refractivity (Wildman–Crippen MR) is 152 cm³/mol. The first kappa shape index (κ1) is 26.8. The Balaban J connectivity index is 1.53. The number of carbonyl (C=O) groups is 2. The Morgan fingerprint density at radius 3 is 2.68 bits per heavy atom. The maximum Gasteiger partial charge on any atom is 0.417 e. The van der Waals surface area contributed by atoms with Gasteiger partial charge in [0.2, 0.25) is 5.95 Å². The lowest BCUT2D eigenvalue weighted by Gasteiger charge is -2.35. The molecule has 1 aliphatic carbocycles. The molecule has 4 heterocycles. The molecule has 5 aromatic rings. The molecule has 0 bridgehead atoms. The van der Waals surface area contributed by atoms with Crippen LogP contribution in [-0.4, -0.2) is 58.1 Å². The largest absolute Gasteiger partial charge is 0.464 e. The van der Waals surface area contributed by atoms with Gasteiger partial charge < -0.3 is 9.84 Å². The average Bonchev–Trinajstić information content (AvgIpc) is 3.45. The number of rotatable bonds is 3. The molecule has 0 unspecified atom stereocenters. The van der Waals surface area contributed by atoms with Crippen LogP contribution in [0.1, 0.15) is 38.4 Å². The van der Waals surface area contributed by atoms with Crippen molar-refractivity contribution in [3.05, 3.63) is 70.5 Å². The predicted octanol–water partition coefficient (Wildman–Crippen LogP) is 5.87. The van der Waals surface area contributed by atoms with E-state index in [4.69, 9.17) is 9.72 Å². The number of hydrogen-bond donors (Lipinski definition) is 1. The fourth-order valence-corrected chi connectivity index (χ4v) is 5.64. The van der Waals surface area contributed by atoms with Gasteiger partial charge in [-0.15, -0.1) is 0 Å². The Morgan fingerprint density at radius 2 is 1.95 bits per heavy atom. The number of halogens is 2. The van der Waals surface area contributed by atoms with Crippen molar-refractivity contribution >= 4 is 50.6 Å². The molecule has 1 N–H and O–H groups in total. The van der Waals surface area contributed by atoms with Gasteiger partial charge in [0, 0.05) is 28.9 Å². The monoisotopic (exact) mass is 621 g/mol. The van der Waals surface area contributed by atoms with E-state index < -0.39 is 29.6 Å². The molecule has 0 fully saturated rings. The molecule has 4 aromatic heterocycles. The van der Waals surface area contributed by atoms with E-state index >= 15 is 0 Å². The van der Waals surface area contributed by atoms with Crippen molar-refractivity contribution in [1.29, 1.82) is 0 Å². The molecule has 11 nitrogen and oxygen atoms in total. The van der Waals surface area contributed by atoms with Gasteiger partial charge in [0.05, 0.1) is 22.4 Å². The van der Waals surface area contributed by atoms with Crippen molar-refractivity contribution < 1.29 is 23.8 Å². The summed E-state index contributed by atoms with van der Waals surface area (Å²) < 4.78 is 23.3. The average molecular weight is 622 g/mol. The summed E-state index contributed by atoms with van der Waals surface area (Å²) in [6.45, 7) is 5.31. The molecule has 1 aromatic carbocycles. The first-order chi connectivity index (χ1) is 19.5. The van der Waals surface area contributed by atoms with Crippen LogP contribution in [0.15, 0.2) is 53.4 Å². The van der Waals surface area contributed by atoms with Crippen molar-refractivity contribution in [2.24, 2.45) is 0 Å². The summed E-state index contributed by atoms with van der Waals surface area (Å²) >= 11 is 3.46. The fraction of sp³-hybridized carbons (Fsp3) is 0.286. The van der Waals surface area contributed by atoms with Gasteiger partial charge in [0.25, 0.3) is 0 Å². The SMILES string of the molecule is CC(C)(C)OC(=O)N(c1nc(-c2cncc(F)c2)nc2c(Br)cnn12)[C@@H]1CCc2c(c3ccccc3n2C(=O)O)C1. The summed E-state index contributed by atoms with van der Waals surface area (Å²) in [6, 6.07) is 8.11. The third kappa shape index (κ3) is 4.79. The molecule has 1 aliphatic rings. The van der Waals surface area contributed by atoms with Crippen molar-refractivity contribution in [1.82, 2.24) is 29.1 Å². The van der Waals surface area contributed by atoms with Gasteiger partial charge in [0.15, 0.2) is 11.5 Å². The van der Waals surface area contributed by atoms with Crippen LogP contribution in [0.4, 0.5) is 19.9 Å². The number of nitrogens with zero attached hydrogens (tertiary/aromatic N) is 7. The van der Waals surface area contributed by atoms with Crippen LogP contribution in [-0.2, 0) is 17.6 Å². The molecule has 210 valence electrons. The summed E-state index contributed by atoms with van der Waals surface area (Å²) in [7, 11) is 0. The van der Waals surface area contributed by atoms with Gasteiger partial charge in [-0.3, -0.25) is 4.98 Å². The number of carbonyl (C=O) groups excluding carboxylic acids is 1. The van der Waals surface area contributed by atoms with E-state index in [0.29, 0.717) is 46.2 Å². The highest BCUT2D eigenvalue weighted by atomic mass is 79.9. The maximum absolute atomic E-state index is 14.1. The topological polar surface area (TPSA) is 128 Å². The zero-order valence-corrected chi connectivity index (χ0v) is 24.0. The lowest BCUT2D eigenvalue weighted by Crippen LogP contribution is -2.47. The molecular formula is C28H25BrFN7O4. The summed E-state index contributed by atoms with van der Waals surface area (Å²) in [6.07, 6.45) is 3.53. The van der Waals surface area contributed by atoms with Crippen molar-refractivity contribution in [3.63, 3.8) is 0 Å². The molecule has 0 saturated carbocycles. The molecule has 0 aliphatic heterocycles. The number of pyridine rings is 1. The number of ether oxygens (including phenoxy) is 1. The molecular weight excluding hydrogens is 597 g/mol. The Labute approximate surface area is 241 Å². The van der Waals surface area contributed by atoms with Gasteiger partial charge >= 0.3 is 12.2 Å². The number of hydrogen-bond acceptors (Lipinski definition) is 7. The summed E-state index contributed by atoms with van der Waals surface area (Å²) in [4.78, 5) is 40.7. The summed E-state index contributed by atoms with van der Waals surface area (Å²) in [5, 5.41) is 15.2. The van der Waals surface area contributed by atoms with Crippen molar-refractivity contribution in [2.75, 3.05) is 4.90 Å². The van der Waals surface area contributed by atoms with Gasteiger partial charge in [-0.2, -0.15) is 14.6 Å². The van der Waals surface area contributed by atoms with Crippen LogP contribution in [0.5, 0.6) is 0 Å². The van der Waals surface area contributed by atoms with Gasteiger partial charge in [-0.1, -0.05) is 18.2 Å². The van der Waals surface area contributed by atoms with Crippen LogP contribution in [0.2, 0.25) is 0 Å². The summed E-state index contributed by atoms with van der Waals surface area (Å²) in [5.41, 5.74) is 1.99. The van der Waals surface area contributed by atoms with E-state index in [-0.39, 0.29) is 11.8 Å². The fourth-order valence-electron chi connectivity index (χ4n) is 5.29. The van der Waals surface area contributed by atoms with Gasteiger partial charge in [0.1, 0.15) is 11.4 Å². The number of aromatic nitrogens is 6. The number of carboxylic acid groups (broad SMARTS) is 1. The lowest BCUT2D eigenvalue weighted by molar-refractivity contribution is 0.0558. The van der Waals surface area contributed by atoms with E-state index in [2.05, 4.69) is 31.0 Å². The van der Waals surface area contributed by atoms with E-state index in [1.165, 1.54) is 32.4 Å². The van der Waals surface area contributed by atoms with Crippen molar-refractivity contribution in [3.8, 4) is 11.4 Å². The second-order valence-corrected chi connectivity index (χ2v) is 11.6. The number of para-hydroxylation sites is 1. The normalized spacial score (nSPS) is 15.2. The van der Waals surface area contributed by atoms with Gasteiger partial charge in [-0.25, -0.2) is 28.4 Å². The van der Waals surface area contributed by atoms with E-state index in [1.807, 2.05) is 12.1 Å². The van der Waals surface area contributed by atoms with Crippen LogP contribution < -0.4 is 4.90 Å². The molecule has 6 rings (SSSR count). The molecule has 1 atom stereocenters. The number of benzene rings is 1. The molecule has 1 amide bonds. The Morgan fingerprint density at radius 1 is 1.17 bits per heavy atom. The number of anilines is 1. The minimum Gasteiger partial charge on any atom is -0.464 e. The molecule has 13 heteroatoms. The first-order valence-corrected chi connectivity index (χ1v) is 13.7. The number of amides is 1. The minimum absolute atomic E-state index is 0.129. The maximum atomic E-state index is 14.1. The highest BCUT2D eigenvalue weighted by Gasteiger charge is 2.38. The van der Waals surface area contributed by atoms with Crippen LogP contribution in [0.25, 0.3) is 27.9 Å². The third-order valence-corrected chi connectivity index (χ3v) is 7.43. The molecule has 41 heavy (non-hydrogen) atoms. The molecule has 0 radical (unpaired) electrons. The van der Waals surface area contributed by atoms with E-state index in [9.17, 15) is 19.1 Å². The zero-order chi connectivity index (χ0) is 29.1.